The van der Waals surface area contributed by atoms with E-state index in [-0.39, 0.29) is 22.0 Å². The first-order valence-electron chi connectivity index (χ1n) is 9.15. The Morgan fingerprint density at radius 3 is 2.08 bits per heavy atom. The minimum absolute atomic E-state index is 0.191. The summed E-state index contributed by atoms with van der Waals surface area (Å²) in [6, 6.07) is 13.5. The quantitative estimate of drug-likeness (QED) is 0.867. The smallest absolute Gasteiger partial charge is 0.220 e. The normalized spacial score (nSPS) is 17.8. The second-order valence-electron chi connectivity index (χ2n) is 8.64. The summed E-state index contributed by atoms with van der Waals surface area (Å²) in [7, 11) is 0. The Morgan fingerprint density at radius 1 is 0.800 bits per heavy atom. The zero-order chi connectivity index (χ0) is 18.2. The molecule has 2 aromatic carbocycles. The molecular weight excluding hydrogens is 308 g/mol. The van der Waals surface area contributed by atoms with Crippen molar-refractivity contribution in [3.8, 4) is 5.75 Å². The SMILES string of the molecule is CC1(C)CCC(C)(C)c2cc(CCc3ccc(O)c(=O)cc3)ccc21. The van der Waals surface area contributed by atoms with Gasteiger partial charge in [-0.1, -0.05) is 58.0 Å². The minimum Gasteiger partial charge on any atom is -0.504 e. The zero-order valence-electron chi connectivity index (χ0n) is 15.7. The van der Waals surface area contributed by atoms with E-state index < -0.39 is 0 Å². The molecule has 0 amide bonds. The van der Waals surface area contributed by atoms with Crippen LogP contribution in [0, 0.1) is 0 Å². The molecule has 2 nitrogen and oxygen atoms in total. The van der Waals surface area contributed by atoms with E-state index in [0.717, 1.165) is 18.4 Å². The second-order valence-corrected chi connectivity index (χ2v) is 8.64. The van der Waals surface area contributed by atoms with Crippen LogP contribution in [0.4, 0.5) is 0 Å². The van der Waals surface area contributed by atoms with Gasteiger partial charge in [0.1, 0.15) is 0 Å². The van der Waals surface area contributed by atoms with Gasteiger partial charge < -0.3 is 5.11 Å². The number of aryl methyl sites for hydroxylation is 2. The Labute approximate surface area is 150 Å². The van der Waals surface area contributed by atoms with Crippen LogP contribution in [-0.4, -0.2) is 5.11 Å². The highest BCUT2D eigenvalue weighted by molar-refractivity contribution is 5.43. The Bertz CT molecular complexity index is 847. The van der Waals surface area contributed by atoms with Crippen LogP contribution in [0.1, 0.15) is 62.8 Å². The molecule has 0 unspecified atom stereocenters. The van der Waals surface area contributed by atoms with E-state index in [1.54, 1.807) is 0 Å². The average Bonchev–Trinajstić information content (AvgIpc) is 2.72. The van der Waals surface area contributed by atoms with Crippen LogP contribution in [0.5, 0.6) is 5.75 Å². The first kappa shape index (κ1) is 17.7. The molecule has 2 heteroatoms. The number of aromatic hydroxyl groups is 1. The zero-order valence-corrected chi connectivity index (χ0v) is 15.7. The van der Waals surface area contributed by atoms with Crippen molar-refractivity contribution < 1.29 is 5.11 Å². The summed E-state index contributed by atoms with van der Waals surface area (Å²) < 4.78 is 0. The van der Waals surface area contributed by atoms with Crippen LogP contribution in [-0.2, 0) is 23.7 Å². The van der Waals surface area contributed by atoms with Crippen molar-refractivity contribution in [3.63, 3.8) is 0 Å². The van der Waals surface area contributed by atoms with E-state index in [2.05, 4.69) is 45.9 Å². The van der Waals surface area contributed by atoms with Crippen LogP contribution in [0.15, 0.2) is 47.3 Å². The van der Waals surface area contributed by atoms with Gasteiger partial charge in [0, 0.05) is 0 Å². The maximum Gasteiger partial charge on any atom is 0.220 e. The van der Waals surface area contributed by atoms with Crippen molar-refractivity contribution in [1.29, 1.82) is 0 Å². The molecule has 25 heavy (non-hydrogen) atoms. The van der Waals surface area contributed by atoms with E-state index in [9.17, 15) is 9.90 Å². The first-order chi connectivity index (χ1) is 11.7. The third-order valence-electron chi connectivity index (χ3n) is 5.78. The topological polar surface area (TPSA) is 37.3 Å². The van der Waals surface area contributed by atoms with Crippen LogP contribution in [0.25, 0.3) is 0 Å². The monoisotopic (exact) mass is 336 g/mol. The molecule has 1 aliphatic rings. The molecular formula is C23H28O2. The summed E-state index contributed by atoms with van der Waals surface area (Å²) in [6.45, 7) is 9.39. The van der Waals surface area contributed by atoms with Gasteiger partial charge >= 0.3 is 0 Å². The molecule has 0 bridgehead atoms. The molecule has 3 rings (SSSR count). The third-order valence-corrected chi connectivity index (χ3v) is 5.78. The molecule has 0 saturated heterocycles. The summed E-state index contributed by atoms with van der Waals surface area (Å²) >= 11 is 0. The Balaban J connectivity index is 1.86. The lowest BCUT2D eigenvalue weighted by Crippen LogP contribution is -2.33. The number of benzene rings is 1. The van der Waals surface area contributed by atoms with Gasteiger partial charge in [-0.15, -0.1) is 0 Å². The van der Waals surface area contributed by atoms with Crippen LogP contribution >= 0.6 is 0 Å². The molecule has 0 fully saturated rings. The first-order valence-corrected chi connectivity index (χ1v) is 9.15. The van der Waals surface area contributed by atoms with Crippen molar-refractivity contribution in [2.24, 2.45) is 0 Å². The maximum absolute atomic E-state index is 11.5. The molecule has 0 saturated carbocycles. The molecule has 0 radical (unpaired) electrons. The maximum atomic E-state index is 11.5. The van der Waals surface area contributed by atoms with Crippen LogP contribution in [0.3, 0.4) is 0 Å². The van der Waals surface area contributed by atoms with Gasteiger partial charge in [-0.25, -0.2) is 0 Å². The van der Waals surface area contributed by atoms with E-state index in [1.807, 2.05) is 12.1 Å². The van der Waals surface area contributed by atoms with Gasteiger partial charge in [0.05, 0.1) is 0 Å². The van der Waals surface area contributed by atoms with Crippen molar-refractivity contribution in [2.45, 2.75) is 64.2 Å². The van der Waals surface area contributed by atoms with Crippen LogP contribution in [0.2, 0.25) is 0 Å². The fraction of sp³-hybridized carbons (Fsp3) is 0.435. The fourth-order valence-corrected chi connectivity index (χ4v) is 3.84. The van der Waals surface area contributed by atoms with E-state index in [4.69, 9.17) is 0 Å². The molecule has 2 aromatic rings. The predicted octanol–water partition coefficient (Wildman–Crippen LogP) is 4.89. The molecule has 0 aliphatic heterocycles. The molecule has 0 heterocycles. The van der Waals surface area contributed by atoms with Gasteiger partial charge in [-0.2, -0.15) is 0 Å². The number of fused-ring (bicyclic) bond motifs is 1. The summed E-state index contributed by atoms with van der Waals surface area (Å²) in [5.41, 5.74) is 5.52. The molecule has 0 spiro atoms. The fourth-order valence-electron chi connectivity index (χ4n) is 3.84. The molecule has 132 valence electrons. The van der Waals surface area contributed by atoms with Gasteiger partial charge in [0.25, 0.3) is 0 Å². The second kappa shape index (κ2) is 6.33. The number of rotatable bonds is 3. The number of hydrogen-bond donors (Lipinski definition) is 1. The lowest BCUT2D eigenvalue weighted by Gasteiger charge is -2.42. The largest absolute Gasteiger partial charge is 0.504 e. The van der Waals surface area contributed by atoms with Crippen molar-refractivity contribution in [3.05, 3.63) is 74.9 Å². The summed E-state index contributed by atoms with van der Waals surface area (Å²) in [6.07, 6.45) is 4.24. The molecule has 0 atom stereocenters. The highest BCUT2D eigenvalue weighted by Gasteiger charge is 2.36. The van der Waals surface area contributed by atoms with Crippen molar-refractivity contribution in [1.82, 2.24) is 0 Å². The van der Waals surface area contributed by atoms with E-state index in [1.165, 1.54) is 41.7 Å². The lowest BCUT2D eigenvalue weighted by atomic mass is 9.63. The van der Waals surface area contributed by atoms with Gasteiger partial charge in [-0.3, -0.25) is 4.79 Å². The molecule has 0 aromatic heterocycles. The minimum atomic E-state index is -0.330. The van der Waals surface area contributed by atoms with Gasteiger partial charge in [0.15, 0.2) is 5.75 Å². The Hall–Kier alpha value is -2.09. The van der Waals surface area contributed by atoms with E-state index >= 15 is 0 Å². The van der Waals surface area contributed by atoms with Crippen molar-refractivity contribution >= 4 is 0 Å². The highest BCUT2D eigenvalue weighted by Crippen LogP contribution is 2.45. The summed E-state index contributed by atoms with van der Waals surface area (Å²) in [5.74, 6) is -0.191. The van der Waals surface area contributed by atoms with Crippen molar-refractivity contribution in [2.75, 3.05) is 0 Å². The predicted molar refractivity (Wildman–Crippen MR) is 104 cm³/mol. The Kier molecular flexibility index (Phi) is 4.49. The average molecular weight is 336 g/mol. The van der Waals surface area contributed by atoms with E-state index in [0.29, 0.717) is 0 Å². The lowest BCUT2D eigenvalue weighted by molar-refractivity contribution is 0.331. The summed E-state index contributed by atoms with van der Waals surface area (Å²) in [5, 5.41) is 9.52. The van der Waals surface area contributed by atoms with Gasteiger partial charge in [0.2, 0.25) is 5.43 Å². The third kappa shape index (κ3) is 3.63. The van der Waals surface area contributed by atoms with Gasteiger partial charge in [-0.05, 0) is 70.9 Å². The Morgan fingerprint density at radius 2 is 1.36 bits per heavy atom. The standard InChI is InChI=1S/C23H28O2/c1-22(2)13-14-23(3,4)19-15-17(7-10-18(19)22)6-5-16-8-11-20(24)21(25)12-9-16/h7-12,15H,5-6,13-14H2,1-4H3,(H,24,25). The summed E-state index contributed by atoms with van der Waals surface area (Å²) in [4.78, 5) is 11.5. The number of hydrogen-bond acceptors (Lipinski definition) is 2. The molecule has 1 N–H and O–H groups in total. The highest BCUT2D eigenvalue weighted by atomic mass is 16.3. The van der Waals surface area contributed by atoms with Crippen LogP contribution < -0.4 is 5.43 Å². The molecule has 1 aliphatic carbocycles.